The molecule has 0 saturated heterocycles. The van der Waals surface area contributed by atoms with Gasteiger partial charge < -0.3 is 0 Å². The molecule has 2 aliphatic rings. The molecule has 5 heteroatoms. The van der Waals surface area contributed by atoms with Gasteiger partial charge in [-0.15, -0.1) is 0 Å². The molecule has 3 rings (SSSR count). The van der Waals surface area contributed by atoms with Gasteiger partial charge in [-0.2, -0.15) is 0 Å². The summed E-state index contributed by atoms with van der Waals surface area (Å²) in [5.41, 5.74) is 2.33. The van der Waals surface area contributed by atoms with Crippen molar-refractivity contribution in [3.05, 3.63) is 33.6 Å². The van der Waals surface area contributed by atoms with Crippen LogP contribution in [0.4, 0.5) is 11.4 Å². The van der Waals surface area contributed by atoms with Gasteiger partial charge in [-0.1, -0.05) is 6.07 Å². The van der Waals surface area contributed by atoms with Crippen LogP contribution in [-0.4, -0.2) is 16.3 Å². The van der Waals surface area contributed by atoms with Crippen LogP contribution in [0.1, 0.15) is 5.56 Å². The van der Waals surface area contributed by atoms with E-state index in [0.717, 1.165) is 20.9 Å². The molecule has 64 valence electrons. The highest BCUT2D eigenvalue weighted by Gasteiger charge is 2.50. The largest absolute Gasteiger partial charge is 0.327 e. The Kier molecular flexibility index (Phi) is 0.995. The van der Waals surface area contributed by atoms with Crippen molar-refractivity contribution in [3.8, 4) is 0 Å². The van der Waals surface area contributed by atoms with Crippen molar-refractivity contribution in [2.24, 2.45) is 0 Å². The van der Waals surface area contributed by atoms with Crippen molar-refractivity contribution in [3.63, 3.8) is 0 Å². The van der Waals surface area contributed by atoms with Gasteiger partial charge in [0, 0.05) is 11.0 Å². The third kappa shape index (κ3) is 0.665. The lowest BCUT2D eigenvalue weighted by atomic mass is 10.2. The molecular formula is C8H7N3O2+2. The summed E-state index contributed by atoms with van der Waals surface area (Å²) in [7, 11) is 0. The average molecular weight is 177 g/mol. The second kappa shape index (κ2) is 1.93. The molecule has 0 bridgehead atoms. The molecule has 0 atom stereocenters. The predicted molar refractivity (Wildman–Crippen MR) is 44.4 cm³/mol. The minimum atomic E-state index is 0.121. The monoisotopic (exact) mass is 177 g/mol. The van der Waals surface area contributed by atoms with E-state index in [9.17, 15) is 9.81 Å². The normalized spacial score (nSPS) is 18.3. The summed E-state index contributed by atoms with van der Waals surface area (Å²) in [5.74, 6) is 0. The topological polar surface area (TPSA) is 43.4 Å². The molecule has 13 heavy (non-hydrogen) atoms. The van der Waals surface area contributed by atoms with E-state index in [1.54, 1.807) is 6.07 Å². The van der Waals surface area contributed by atoms with Gasteiger partial charge in [-0.3, -0.25) is 0 Å². The van der Waals surface area contributed by atoms with E-state index < -0.39 is 0 Å². The number of rotatable bonds is 0. The first-order chi connectivity index (χ1) is 6.27. The highest BCUT2D eigenvalue weighted by molar-refractivity contribution is 5.69. The van der Waals surface area contributed by atoms with Crippen molar-refractivity contribution in [1.82, 2.24) is 0 Å². The quantitative estimate of drug-likeness (QED) is 0.557. The third-order valence-electron chi connectivity index (χ3n) is 2.46. The van der Waals surface area contributed by atoms with Gasteiger partial charge in [-0.25, -0.2) is 0 Å². The summed E-state index contributed by atoms with van der Waals surface area (Å²) in [4.78, 5) is 23.5. The minimum absolute atomic E-state index is 0.121. The van der Waals surface area contributed by atoms with Crippen LogP contribution in [0.2, 0.25) is 0 Å². The fraction of sp³-hybridized carbons (Fsp3) is 0.250. The summed E-state index contributed by atoms with van der Waals surface area (Å²) >= 11 is 0. The smallest absolute Gasteiger partial charge is 0.0548 e. The Balaban J connectivity index is 2.35. The second-order valence-corrected chi connectivity index (χ2v) is 3.21. The molecule has 0 saturated carbocycles. The number of nitrogens with zero attached hydrogens (tertiary/aromatic N) is 3. The van der Waals surface area contributed by atoms with Crippen LogP contribution in [0.5, 0.6) is 0 Å². The van der Waals surface area contributed by atoms with Gasteiger partial charge in [0.1, 0.15) is 4.87 Å². The molecule has 0 spiro atoms. The number of hydrogen-bond donors (Lipinski definition) is 0. The Labute approximate surface area is 73.7 Å². The number of nitroso groups, excluding NO2 is 2. The van der Waals surface area contributed by atoms with Crippen LogP contribution >= 0.6 is 0 Å². The van der Waals surface area contributed by atoms with Crippen LogP contribution in [0.25, 0.3) is 0 Å². The van der Waals surface area contributed by atoms with Gasteiger partial charge in [-0.05, 0) is 11.1 Å². The first-order valence-corrected chi connectivity index (χ1v) is 4.06. The van der Waals surface area contributed by atoms with E-state index in [-0.39, 0.29) is 6.67 Å². The molecule has 1 aromatic carbocycles. The molecule has 0 aliphatic carbocycles. The summed E-state index contributed by atoms with van der Waals surface area (Å²) in [6.07, 6.45) is 0. The third-order valence-corrected chi connectivity index (χ3v) is 2.46. The van der Waals surface area contributed by atoms with Crippen molar-refractivity contribution >= 4 is 11.4 Å². The zero-order chi connectivity index (χ0) is 9.00. The molecule has 2 aliphatic heterocycles. The number of benzene rings is 1. The van der Waals surface area contributed by atoms with Crippen LogP contribution in [0, 0.1) is 9.81 Å². The fourth-order valence-electron chi connectivity index (χ4n) is 1.89. The summed E-state index contributed by atoms with van der Waals surface area (Å²) in [6, 6.07) is 5.43. The predicted octanol–water partition coefficient (Wildman–Crippen LogP) is 1.08. The molecule has 1 aromatic rings. The minimum Gasteiger partial charge on any atom is -0.0548 e. The lowest BCUT2D eigenvalue weighted by Crippen LogP contribution is -2.28. The summed E-state index contributed by atoms with van der Waals surface area (Å²) in [6.45, 7) is 0.479. The number of para-hydroxylation sites is 1. The van der Waals surface area contributed by atoms with Crippen molar-refractivity contribution in [1.29, 1.82) is 0 Å². The average Bonchev–Trinajstić information content (AvgIpc) is 2.59. The first kappa shape index (κ1) is 6.71. The lowest BCUT2D eigenvalue weighted by Gasteiger charge is -1.90. The molecule has 0 amide bonds. The molecular weight excluding hydrogens is 170 g/mol. The van der Waals surface area contributed by atoms with E-state index in [1.165, 1.54) is 5.01 Å². The lowest BCUT2D eigenvalue weighted by molar-refractivity contribution is -0.599. The van der Waals surface area contributed by atoms with Crippen LogP contribution < -0.4 is 5.01 Å². The Morgan fingerprint density at radius 1 is 1.31 bits per heavy atom. The second-order valence-electron chi connectivity index (χ2n) is 3.21. The molecule has 0 N–H and O–H groups in total. The maximum atomic E-state index is 11.3. The number of hydrazine groups is 1. The zero-order valence-electron chi connectivity index (χ0n) is 6.80. The standard InChI is InChI=1S/C8H7N3O2/c12-10-5-9-8-6(4-11(9)13)2-1-3-7(8)10/h1-3H,4-5H2/q+2. The zero-order valence-corrected chi connectivity index (χ0v) is 6.80. The molecule has 2 heterocycles. The van der Waals surface area contributed by atoms with Crippen LogP contribution in [0.15, 0.2) is 18.2 Å². The van der Waals surface area contributed by atoms with E-state index in [0.29, 0.717) is 12.2 Å². The maximum absolute atomic E-state index is 11.3. The molecule has 5 nitrogen and oxygen atoms in total. The maximum Gasteiger partial charge on any atom is 0.327 e. The summed E-state index contributed by atoms with van der Waals surface area (Å²) < 4.78 is 0.836. The summed E-state index contributed by atoms with van der Waals surface area (Å²) in [5, 5.41) is 1.47. The van der Waals surface area contributed by atoms with E-state index >= 15 is 0 Å². The van der Waals surface area contributed by atoms with Gasteiger partial charge in [0.15, 0.2) is 5.69 Å². The first-order valence-electron chi connectivity index (χ1n) is 4.06. The SMILES string of the molecule is O=[N+]1CN2c3c(cccc31)C[N+]2=O. The van der Waals surface area contributed by atoms with Gasteiger partial charge in [0.05, 0.1) is 15.2 Å². The number of hydrogen-bond acceptors (Lipinski definition) is 2. The van der Waals surface area contributed by atoms with Crippen LogP contribution in [0.3, 0.4) is 0 Å². The Morgan fingerprint density at radius 2 is 2.15 bits per heavy atom. The Bertz CT molecular complexity index is 441. The molecule has 0 fully saturated rings. The van der Waals surface area contributed by atoms with Crippen molar-refractivity contribution in [2.75, 3.05) is 11.7 Å². The molecule has 0 aromatic heterocycles. The number of anilines is 1. The Morgan fingerprint density at radius 3 is 3.00 bits per heavy atom. The van der Waals surface area contributed by atoms with E-state index in [1.807, 2.05) is 12.1 Å². The van der Waals surface area contributed by atoms with Gasteiger partial charge in [0.2, 0.25) is 0 Å². The highest BCUT2D eigenvalue weighted by atomic mass is 16.3. The van der Waals surface area contributed by atoms with E-state index in [4.69, 9.17) is 0 Å². The van der Waals surface area contributed by atoms with Gasteiger partial charge >= 0.3 is 6.67 Å². The molecule has 0 radical (unpaired) electrons. The molecule has 0 unspecified atom stereocenters. The van der Waals surface area contributed by atoms with E-state index in [2.05, 4.69) is 0 Å². The van der Waals surface area contributed by atoms with Crippen LogP contribution in [-0.2, 0) is 6.54 Å². The van der Waals surface area contributed by atoms with Gasteiger partial charge in [0.25, 0.3) is 12.2 Å². The van der Waals surface area contributed by atoms with Crippen molar-refractivity contribution in [2.45, 2.75) is 6.54 Å². The highest BCUT2D eigenvalue weighted by Crippen LogP contribution is 2.41. The Hall–Kier alpha value is -1.78. The van der Waals surface area contributed by atoms with Crippen molar-refractivity contribution < 1.29 is 9.63 Å². The fourth-order valence-corrected chi connectivity index (χ4v) is 1.89.